The van der Waals surface area contributed by atoms with E-state index >= 15 is 0 Å². The number of nitrogens with two attached hydrogens (primary N) is 1. The van der Waals surface area contributed by atoms with Gasteiger partial charge in [0.1, 0.15) is 11.3 Å². The van der Waals surface area contributed by atoms with Crippen molar-refractivity contribution in [2.24, 2.45) is 5.84 Å². The highest BCUT2D eigenvalue weighted by atomic mass is 16.6. The second kappa shape index (κ2) is 8.18. The molecule has 21 heavy (non-hydrogen) atoms. The molecular weight excluding hydrogens is 274 g/mol. The molecule has 0 aliphatic carbocycles. The monoisotopic (exact) mass is 295 g/mol. The minimum atomic E-state index is -0.617. The number of nitro benzene ring substituents is 1. The van der Waals surface area contributed by atoms with E-state index in [2.05, 4.69) is 15.6 Å². The number of benzene rings is 1. The van der Waals surface area contributed by atoms with Crippen molar-refractivity contribution < 1.29 is 9.72 Å². The second-order valence-electron chi connectivity index (χ2n) is 4.39. The van der Waals surface area contributed by atoms with Crippen LogP contribution in [0.3, 0.4) is 0 Å². The molecule has 0 fully saturated rings. The van der Waals surface area contributed by atoms with E-state index in [-0.39, 0.29) is 16.9 Å². The summed E-state index contributed by atoms with van der Waals surface area (Å²) in [7, 11) is 0. The lowest BCUT2D eigenvalue weighted by atomic mass is 10.1. The van der Waals surface area contributed by atoms with Crippen LogP contribution in [0, 0.1) is 10.1 Å². The lowest BCUT2D eigenvalue weighted by molar-refractivity contribution is -0.384. The Kier molecular flexibility index (Phi) is 6.57. The zero-order valence-electron chi connectivity index (χ0n) is 12.3. The first-order valence-corrected chi connectivity index (χ1v) is 6.79. The predicted molar refractivity (Wildman–Crippen MR) is 81.0 cm³/mol. The number of hydrazine groups is 1. The van der Waals surface area contributed by atoms with E-state index < -0.39 is 10.8 Å². The van der Waals surface area contributed by atoms with Gasteiger partial charge in [-0.2, -0.15) is 0 Å². The van der Waals surface area contributed by atoms with E-state index in [1.165, 1.54) is 12.1 Å². The van der Waals surface area contributed by atoms with E-state index in [0.29, 0.717) is 13.1 Å². The molecule has 0 heterocycles. The number of para-hydroxylation sites is 1. The molecule has 1 aromatic carbocycles. The average Bonchev–Trinajstić information content (AvgIpc) is 2.50. The molecule has 0 unspecified atom stereocenters. The predicted octanol–water partition coefficient (Wildman–Crippen LogP) is 0.952. The molecule has 0 atom stereocenters. The Bertz CT molecular complexity index is 503. The number of carbonyl (C=O) groups is 1. The SMILES string of the molecule is CCN(CC)CCNC(=O)c1cccc(NN)c1[N+](=O)[O-]. The molecule has 0 bridgehead atoms. The summed E-state index contributed by atoms with van der Waals surface area (Å²) in [4.78, 5) is 24.7. The van der Waals surface area contributed by atoms with Crippen molar-refractivity contribution in [2.75, 3.05) is 31.6 Å². The molecule has 1 rings (SSSR count). The lowest BCUT2D eigenvalue weighted by Gasteiger charge is -2.18. The lowest BCUT2D eigenvalue weighted by Crippen LogP contribution is -2.35. The van der Waals surface area contributed by atoms with Crippen LogP contribution in [0.5, 0.6) is 0 Å². The second-order valence-corrected chi connectivity index (χ2v) is 4.39. The van der Waals surface area contributed by atoms with Gasteiger partial charge in [-0.25, -0.2) is 0 Å². The molecule has 8 nitrogen and oxygen atoms in total. The van der Waals surface area contributed by atoms with E-state index in [1.54, 1.807) is 6.07 Å². The molecule has 0 aromatic heterocycles. The number of hydrogen-bond donors (Lipinski definition) is 3. The Hall–Kier alpha value is -2.19. The Morgan fingerprint density at radius 3 is 2.57 bits per heavy atom. The van der Waals surface area contributed by atoms with E-state index in [4.69, 9.17) is 5.84 Å². The normalized spacial score (nSPS) is 10.5. The van der Waals surface area contributed by atoms with Crippen LogP contribution in [0.2, 0.25) is 0 Å². The van der Waals surface area contributed by atoms with Crippen LogP contribution in [0.1, 0.15) is 24.2 Å². The highest BCUT2D eigenvalue weighted by molar-refractivity contribution is 6.00. The Morgan fingerprint density at radius 2 is 2.05 bits per heavy atom. The zero-order valence-corrected chi connectivity index (χ0v) is 12.3. The minimum absolute atomic E-state index is 0.00463. The third-order valence-corrected chi connectivity index (χ3v) is 3.23. The number of carbonyl (C=O) groups excluding carboxylic acids is 1. The van der Waals surface area contributed by atoms with Gasteiger partial charge in [-0.1, -0.05) is 19.9 Å². The number of nitro groups is 1. The number of rotatable bonds is 8. The maximum Gasteiger partial charge on any atom is 0.306 e. The fourth-order valence-corrected chi connectivity index (χ4v) is 2.00. The van der Waals surface area contributed by atoms with Crippen molar-refractivity contribution in [2.45, 2.75) is 13.8 Å². The summed E-state index contributed by atoms with van der Waals surface area (Å²) in [5.74, 6) is 4.76. The van der Waals surface area contributed by atoms with Crippen LogP contribution in [0.4, 0.5) is 11.4 Å². The fraction of sp³-hybridized carbons (Fsp3) is 0.462. The van der Waals surface area contributed by atoms with Gasteiger partial charge in [0.05, 0.1) is 4.92 Å². The molecule has 1 amide bonds. The van der Waals surface area contributed by atoms with Crippen molar-refractivity contribution in [1.29, 1.82) is 0 Å². The highest BCUT2D eigenvalue weighted by Crippen LogP contribution is 2.27. The fourth-order valence-electron chi connectivity index (χ4n) is 2.00. The van der Waals surface area contributed by atoms with E-state index in [0.717, 1.165) is 13.1 Å². The summed E-state index contributed by atoms with van der Waals surface area (Å²) in [6, 6.07) is 4.40. The smallest absolute Gasteiger partial charge is 0.306 e. The quantitative estimate of drug-likeness (QED) is 0.374. The summed E-state index contributed by atoms with van der Waals surface area (Å²) in [6.07, 6.45) is 0. The summed E-state index contributed by atoms with van der Waals surface area (Å²) in [5, 5.41) is 13.8. The summed E-state index contributed by atoms with van der Waals surface area (Å²) < 4.78 is 0. The van der Waals surface area contributed by atoms with Crippen LogP contribution < -0.4 is 16.6 Å². The topological polar surface area (TPSA) is 114 Å². The summed E-state index contributed by atoms with van der Waals surface area (Å²) >= 11 is 0. The minimum Gasteiger partial charge on any atom is -0.351 e. The molecule has 8 heteroatoms. The van der Waals surface area contributed by atoms with Gasteiger partial charge in [-0.15, -0.1) is 0 Å². The van der Waals surface area contributed by atoms with Gasteiger partial charge in [-0.3, -0.25) is 20.8 Å². The molecule has 116 valence electrons. The van der Waals surface area contributed by atoms with Crippen LogP contribution in [-0.2, 0) is 0 Å². The van der Waals surface area contributed by atoms with Crippen LogP contribution in [-0.4, -0.2) is 41.9 Å². The van der Waals surface area contributed by atoms with Crippen molar-refractivity contribution in [3.05, 3.63) is 33.9 Å². The number of anilines is 1. The first-order valence-electron chi connectivity index (χ1n) is 6.79. The van der Waals surface area contributed by atoms with Gasteiger partial charge in [-0.05, 0) is 25.2 Å². The first-order chi connectivity index (χ1) is 10.0. The standard InChI is InChI=1S/C13H21N5O3/c1-3-17(4-2)9-8-15-13(19)10-6-5-7-11(16-14)12(10)18(20)21/h5-7,16H,3-4,8-9,14H2,1-2H3,(H,15,19). The molecule has 4 N–H and O–H groups in total. The van der Waals surface area contributed by atoms with Gasteiger partial charge in [0.2, 0.25) is 0 Å². The van der Waals surface area contributed by atoms with Crippen molar-refractivity contribution in [3.63, 3.8) is 0 Å². The summed E-state index contributed by atoms with van der Waals surface area (Å²) in [6.45, 7) is 6.97. The molecule has 0 spiro atoms. The van der Waals surface area contributed by atoms with Gasteiger partial charge >= 0.3 is 5.69 Å². The van der Waals surface area contributed by atoms with Crippen molar-refractivity contribution in [3.8, 4) is 0 Å². The van der Waals surface area contributed by atoms with Gasteiger partial charge in [0, 0.05) is 13.1 Å². The number of nitrogens with one attached hydrogen (secondary N) is 2. The molecule has 0 saturated heterocycles. The number of amides is 1. The molecule has 0 aliphatic heterocycles. The molecule has 1 aromatic rings. The van der Waals surface area contributed by atoms with Gasteiger partial charge < -0.3 is 15.6 Å². The molecule has 0 radical (unpaired) electrons. The highest BCUT2D eigenvalue weighted by Gasteiger charge is 2.23. The number of nitrogen functional groups attached to an aromatic ring is 1. The maximum atomic E-state index is 12.1. The van der Waals surface area contributed by atoms with Gasteiger partial charge in [0.15, 0.2) is 0 Å². The molecule has 0 aliphatic rings. The molecule has 0 saturated carbocycles. The van der Waals surface area contributed by atoms with Crippen molar-refractivity contribution >= 4 is 17.3 Å². The van der Waals surface area contributed by atoms with Crippen LogP contribution in [0.15, 0.2) is 18.2 Å². The zero-order chi connectivity index (χ0) is 15.8. The Balaban J connectivity index is 2.81. The largest absolute Gasteiger partial charge is 0.351 e. The van der Waals surface area contributed by atoms with E-state index in [9.17, 15) is 14.9 Å². The third-order valence-electron chi connectivity index (χ3n) is 3.23. The average molecular weight is 295 g/mol. The number of hydrogen-bond acceptors (Lipinski definition) is 6. The third kappa shape index (κ3) is 4.40. The molecular formula is C13H21N5O3. The maximum absolute atomic E-state index is 12.1. The Labute approximate surface area is 123 Å². The summed E-state index contributed by atoms with van der Waals surface area (Å²) in [5.41, 5.74) is 2.02. The Morgan fingerprint density at radius 1 is 1.38 bits per heavy atom. The van der Waals surface area contributed by atoms with E-state index in [1.807, 2.05) is 13.8 Å². The first kappa shape index (κ1) is 16.9. The van der Waals surface area contributed by atoms with Crippen LogP contribution in [0.25, 0.3) is 0 Å². The van der Waals surface area contributed by atoms with Crippen LogP contribution >= 0.6 is 0 Å². The van der Waals surface area contributed by atoms with Gasteiger partial charge in [0.25, 0.3) is 5.91 Å². The van der Waals surface area contributed by atoms with Crippen molar-refractivity contribution in [1.82, 2.24) is 10.2 Å². The number of likely N-dealkylation sites (N-methyl/N-ethyl adjacent to an activating group) is 1. The number of nitrogens with zero attached hydrogens (tertiary/aromatic N) is 2.